The molecule has 27 heavy (non-hydrogen) atoms. The van der Waals surface area contributed by atoms with Gasteiger partial charge in [-0.25, -0.2) is 4.98 Å². The highest BCUT2D eigenvalue weighted by Gasteiger charge is 2.27. The molecule has 138 valence electrons. The first-order chi connectivity index (χ1) is 13.2. The Hall–Kier alpha value is -2.93. The fourth-order valence-corrected chi connectivity index (χ4v) is 3.17. The van der Waals surface area contributed by atoms with Crippen molar-refractivity contribution >= 4 is 29.3 Å². The van der Waals surface area contributed by atoms with E-state index in [0.29, 0.717) is 48.6 Å². The van der Waals surface area contributed by atoms with Crippen LogP contribution in [0.25, 0.3) is 11.5 Å². The Morgan fingerprint density at radius 2 is 1.93 bits per heavy atom. The van der Waals surface area contributed by atoms with Gasteiger partial charge < -0.3 is 14.7 Å². The molecule has 0 bridgehead atoms. The molecule has 3 aromatic rings. The number of hydrogen-bond donors (Lipinski definition) is 1. The van der Waals surface area contributed by atoms with Gasteiger partial charge in [-0.1, -0.05) is 29.8 Å². The monoisotopic (exact) mass is 383 g/mol. The van der Waals surface area contributed by atoms with Crippen molar-refractivity contribution in [2.45, 2.75) is 12.8 Å². The van der Waals surface area contributed by atoms with Gasteiger partial charge in [0.2, 0.25) is 5.91 Å². The zero-order chi connectivity index (χ0) is 18.6. The van der Waals surface area contributed by atoms with E-state index in [0.717, 1.165) is 5.56 Å². The highest BCUT2D eigenvalue weighted by Crippen LogP contribution is 2.25. The lowest BCUT2D eigenvalue weighted by atomic mass is 9.96. The largest absolute Gasteiger partial charge is 0.338 e. The number of piperidine rings is 1. The summed E-state index contributed by atoms with van der Waals surface area (Å²) in [6.45, 7) is 1.39. The number of rotatable bonds is 4. The van der Waals surface area contributed by atoms with Crippen LogP contribution in [0.4, 0.5) is 11.8 Å². The molecular formula is C19H18ClN5O2. The van der Waals surface area contributed by atoms with Gasteiger partial charge in [0.05, 0.1) is 5.02 Å². The Balaban J connectivity index is 1.34. The Morgan fingerprint density at radius 1 is 1.15 bits per heavy atom. The Bertz CT molecular complexity index is 905. The van der Waals surface area contributed by atoms with Gasteiger partial charge in [0.25, 0.3) is 11.8 Å². The maximum absolute atomic E-state index is 12.4. The lowest BCUT2D eigenvalue weighted by molar-refractivity contribution is -0.120. The first-order valence-electron chi connectivity index (χ1n) is 8.75. The third-order valence-electron chi connectivity index (χ3n) is 4.56. The second-order valence-electron chi connectivity index (χ2n) is 6.38. The highest BCUT2D eigenvalue weighted by molar-refractivity contribution is 6.30. The van der Waals surface area contributed by atoms with E-state index in [1.54, 1.807) is 12.1 Å². The number of aromatic nitrogens is 3. The fourth-order valence-electron chi connectivity index (χ4n) is 3.06. The van der Waals surface area contributed by atoms with Gasteiger partial charge in [-0.05, 0) is 42.3 Å². The molecule has 8 heteroatoms. The third kappa shape index (κ3) is 4.09. The summed E-state index contributed by atoms with van der Waals surface area (Å²) in [6.07, 6.45) is 2.95. The van der Waals surface area contributed by atoms with E-state index in [1.807, 2.05) is 35.2 Å². The number of amides is 1. The van der Waals surface area contributed by atoms with Crippen LogP contribution < -0.4 is 10.2 Å². The number of pyridine rings is 1. The molecule has 0 spiro atoms. The minimum Gasteiger partial charge on any atom is -0.338 e. The van der Waals surface area contributed by atoms with Crippen molar-refractivity contribution < 1.29 is 9.32 Å². The van der Waals surface area contributed by atoms with Gasteiger partial charge in [0, 0.05) is 30.8 Å². The lowest BCUT2D eigenvalue weighted by Gasteiger charge is -2.30. The summed E-state index contributed by atoms with van der Waals surface area (Å²) in [6, 6.07) is 13.1. The SMILES string of the molecule is O=C(Nc1ccc(Cl)cn1)C1CCN(c2noc(-c3ccccc3)n2)CC1. The molecule has 1 N–H and O–H groups in total. The van der Waals surface area contributed by atoms with Gasteiger partial charge in [-0.15, -0.1) is 0 Å². The smallest absolute Gasteiger partial charge is 0.266 e. The van der Waals surface area contributed by atoms with Gasteiger partial charge >= 0.3 is 0 Å². The molecule has 2 aromatic heterocycles. The van der Waals surface area contributed by atoms with Crippen molar-refractivity contribution in [3.05, 3.63) is 53.7 Å². The number of benzene rings is 1. The average Bonchev–Trinajstić information content (AvgIpc) is 3.21. The normalized spacial score (nSPS) is 14.9. The standard InChI is InChI=1S/C19H18ClN5O2/c20-15-6-7-16(21-12-15)22-17(26)13-8-10-25(11-9-13)19-23-18(27-24-19)14-4-2-1-3-5-14/h1-7,12-13H,8-11H2,(H,21,22,26). The molecule has 7 nitrogen and oxygen atoms in total. The molecule has 0 unspecified atom stereocenters. The van der Waals surface area contributed by atoms with Crippen LogP contribution in [0.15, 0.2) is 53.2 Å². The molecule has 3 heterocycles. The van der Waals surface area contributed by atoms with Crippen molar-refractivity contribution in [2.75, 3.05) is 23.3 Å². The molecule has 1 amide bonds. The van der Waals surface area contributed by atoms with Gasteiger partial charge in [0.15, 0.2) is 0 Å². The lowest BCUT2D eigenvalue weighted by Crippen LogP contribution is -2.38. The molecule has 1 aliphatic rings. The Morgan fingerprint density at radius 3 is 2.63 bits per heavy atom. The van der Waals surface area contributed by atoms with Crippen molar-refractivity contribution in [1.82, 2.24) is 15.1 Å². The predicted molar refractivity (Wildman–Crippen MR) is 103 cm³/mol. The topological polar surface area (TPSA) is 84.2 Å². The molecule has 1 aliphatic heterocycles. The van der Waals surface area contributed by atoms with Crippen LogP contribution >= 0.6 is 11.6 Å². The van der Waals surface area contributed by atoms with E-state index < -0.39 is 0 Å². The second kappa shape index (κ2) is 7.75. The van der Waals surface area contributed by atoms with E-state index >= 15 is 0 Å². The molecule has 1 aromatic carbocycles. The van der Waals surface area contributed by atoms with Crippen LogP contribution in [0, 0.1) is 5.92 Å². The number of carbonyl (C=O) groups excluding carboxylic acids is 1. The van der Waals surface area contributed by atoms with E-state index in [-0.39, 0.29) is 11.8 Å². The number of hydrogen-bond acceptors (Lipinski definition) is 6. The number of nitrogens with zero attached hydrogens (tertiary/aromatic N) is 4. The summed E-state index contributed by atoms with van der Waals surface area (Å²) >= 11 is 5.81. The first kappa shape index (κ1) is 17.5. The molecule has 1 saturated heterocycles. The number of anilines is 2. The van der Waals surface area contributed by atoms with Crippen molar-refractivity contribution in [1.29, 1.82) is 0 Å². The Kier molecular flexibility index (Phi) is 5.02. The van der Waals surface area contributed by atoms with E-state index in [4.69, 9.17) is 16.1 Å². The summed E-state index contributed by atoms with van der Waals surface area (Å²) in [5.74, 6) is 1.48. The minimum atomic E-state index is -0.0702. The van der Waals surface area contributed by atoms with Crippen LogP contribution in [0.2, 0.25) is 5.02 Å². The minimum absolute atomic E-state index is 0.0254. The second-order valence-corrected chi connectivity index (χ2v) is 6.81. The summed E-state index contributed by atoms with van der Waals surface area (Å²) in [7, 11) is 0. The average molecular weight is 384 g/mol. The Labute approximate surface area is 161 Å². The van der Waals surface area contributed by atoms with E-state index in [2.05, 4.69) is 20.4 Å². The van der Waals surface area contributed by atoms with Crippen LogP contribution in [0.5, 0.6) is 0 Å². The number of carbonyl (C=O) groups is 1. The maximum Gasteiger partial charge on any atom is 0.266 e. The van der Waals surface area contributed by atoms with Gasteiger partial charge in [-0.3, -0.25) is 4.79 Å². The molecule has 0 saturated carbocycles. The van der Waals surface area contributed by atoms with Crippen molar-refractivity contribution in [2.24, 2.45) is 5.92 Å². The first-order valence-corrected chi connectivity index (χ1v) is 9.13. The van der Waals surface area contributed by atoms with Crippen molar-refractivity contribution in [3.8, 4) is 11.5 Å². The zero-order valence-electron chi connectivity index (χ0n) is 14.5. The zero-order valence-corrected chi connectivity index (χ0v) is 15.3. The molecule has 1 fully saturated rings. The van der Waals surface area contributed by atoms with Crippen LogP contribution in [-0.2, 0) is 4.79 Å². The number of halogens is 1. The van der Waals surface area contributed by atoms with Crippen LogP contribution in [0.1, 0.15) is 12.8 Å². The van der Waals surface area contributed by atoms with Gasteiger partial charge in [0.1, 0.15) is 5.82 Å². The van der Waals surface area contributed by atoms with Crippen LogP contribution in [-0.4, -0.2) is 34.1 Å². The molecule has 0 aliphatic carbocycles. The molecule has 0 radical (unpaired) electrons. The van der Waals surface area contributed by atoms with Crippen LogP contribution in [0.3, 0.4) is 0 Å². The van der Waals surface area contributed by atoms with Crippen molar-refractivity contribution in [3.63, 3.8) is 0 Å². The van der Waals surface area contributed by atoms with E-state index in [9.17, 15) is 4.79 Å². The predicted octanol–water partition coefficient (Wildman–Crippen LogP) is 3.64. The summed E-state index contributed by atoms with van der Waals surface area (Å²) < 4.78 is 5.37. The fraction of sp³-hybridized carbons (Fsp3) is 0.263. The molecule has 0 atom stereocenters. The summed E-state index contributed by atoms with van der Waals surface area (Å²) in [4.78, 5) is 23.0. The quantitative estimate of drug-likeness (QED) is 0.740. The number of nitrogens with one attached hydrogen (secondary N) is 1. The molecular weight excluding hydrogens is 366 g/mol. The summed E-state index contributed by atoms with van der Waals surface area (Å²) in [5, 5.41) is 7.46. The molecule has 4 rings (SSSR count). The maximum atomic E-state index is 12.4. The summed E-state index contributed by atoms with van der Waals surface area (Å²) in [5.41, 5.74) is 0.890. The highest BCUT2D eigenvalue weighted by atomic mass is 35.5. The van der Waals surface area contributed by atoms with Gasteiger partial charge in [-0.2, -0.15) is 4.98 Å². The third-order valence-corrected chi connectivity index (χ3v) is 4.79. The van der Waals surface area contributed by atoms with E-state index in [1.165, 1.54) is 6.20 Å².